The Morgan fingerprint density at radius 1 is 0.643 bits per heavy atom. The quantitative estimate of drug-likeness (QED) is 0.625. The number of fused-ring (bicyclic) bond motifs is 2. The molecule has 0 saturated heterocycles. The zero-order chi connectivity index (χ0) is 20.1. The molecule has 4 heteroatoms. The van der Waals surface area contributed by atoms with Crippen LogP contribution in [0.3, 0.4) is 0 Å². The van der Waals surface area contributed by atoms with E-state index in [-0.39, 0.29) is 10.8 Å². The van der Waals surface area contributed by atoms with Crippen molar-refractivity contribution in [3.05, 3.63) is 48.5 Å². The smallest absolute Gasteiger partial charge is 0.0744 e. The highest BCUT2D eigenvalue weighted by Gasteiger charge is 2.43. The number of anilines is 2. The van der Waals surface area contributed by atoms with E-state index in [1.807, 2.05) is 0 Å². The van der Waals surface area contributed by atoms with Crippen LogP contribution in [0.4, 0.5) is 11.4 Å². The van der Waals surface area contributed by atoms with Crippen molar-refractivity contribution >= 4 is 39.1 Å². The first-order chi connectivity index (χ1) is 13.1. The predicted octanol–water partition coefficient (Wildman–Crippen LogP) is 5.38. The van der Waals surface area contributed by atoms with Crippen LogP contribution in [-0.2, 0) is 0 Å². The molecule has 2 heterocycles. The fourth-order valence-corrected chi connectivity index (χ4v) is 8.07. The Bertz CT molecular complexity index is 779. The second kappa shape index (κ2) is 7.30. The van der Waals surface area contributed by atoms with Gasteiger partial charge in [-0.25, -0.2) is 0 Å². The molecule has 0 amide bonds. The SMILES string of the molecule is CC(C)(C)CN1c2ccccc2P[C@@H]1[C@H]1Pc2ccccc2N1CC(C)(C)C. The Balaban J connectivity index is 1.72. The van der Waals surface area contributed by atoms with Crippen LogP contribution in [0.25, 0.3) is 0 Å². The molecule has 0 fully saturated rings. The number of para-hydroxylation sites is 2. The second-order valence-corrected chi connectivity index (χ2v) is 13.4. The molecular weight excluding hydrogens is 378 g/mol. The van der Waals surface area contributed by atoms with Gasteiger partial charge in [0.25, 0.3) is 0 Å². The van der Waals surface area contributed by atoms with Crippen LogP contribution in [0.15, 0.2) is 48.5 Å². The average Bonchev–Trinajstić information content (AvgIpc) is 3.11. The molecular formula is C24H34N2P2. The molecule has 0 bridgehead atoms. The fraction of sp³-hybridized carbons (Fsp3) is 0.500. The molecule has 2 unspecified atom stereocenters. The topological polar surface area (TPSA) is 6.48 Å². The highest BCUT2D eigenvalue weighted by Crippen LogP contribution is 2.50. The lowest BCUT2D eigenvalue weighted by Crippen LogP contribution is -2.49. The van der Waals surface area contributed by atoms with E-state index in [9.17, 15) is 0 Å². The highest BCUT2D eigenvalue weighted by molar-refractivity contribution is 7.54. The third-order valence-corrected chi connectivity index (χ3v) is 8.94. The van der Waals surface area contributed by atoms with Gasteiger partial charge in [-0.15, -0.1) is 0 Å². The number of nitrogens with zero attached hydrogens (tertiary/aromatic N) is 2. The monoisotopic (exact) mass is 412 g/mol. The maximum Gasteiger partial charge on any atom is 0.0744 e. The molecule has 2 aliphatic rings. The molecule has 4 rings (SSSR count). The first-order valence-electron chi connectivity index (χ1n) is 10.4. The average molecular weight is 412 g/mol. The first-order valence-corrected chi connectivity index (χ1v) is 12.5. The van der Waals surface area contributed by atoms with Crippen molar-refractivity contribution < 1.29 is 0 Å². The van der Waals surface area contributed by atoms with Crippen LogP contribution in [0.2, 0.25) is 0 Å². The molecule has 2 aromatic rings. The molecule has 150 valence electrons. The Morgan fingerprint density at radius 3 is 1.36 bits per heavy atom. The van der Waals surface area contributed by atoms with Crippen LogP contribution in [0.5, 0.6) is 0 Å². The van der Waals surface area contributed by atoms with E-state index in [0.29, 0.717) is 11.6 Å². The molecule has 0 saturated carbocycles. The van der Waals surface area contributed by atoms with Crippen molar-refractivity contribution in [1.29, 1.82) is 0 Å². The number of hydrogen-bond acceptors (Lipinski definition) is 2. The fourth-order valence-electron chi connectivity index (χ4n) is 4.35. The van der Waals surface area contributed by atoms with E-state index in [1.54, 1.807) is 10.6 Å². The lowest BCUT2D eigenvalue weighted by Gasteiger charge is -2.41. The van der Waals surface area contributed by atoms with Gasteiger partial charge in [-0.1, -0.05) is 95.1 Å². The van der Waals surface area contributed by atoms with Crippen molar-refractivity contribution in [2.75, 3.05) is 22.9 Å². The lowest BCUT2D eigenvalue weighted by atomic mass is 9.95. The third-order valence-electron chi connectivity index (χ3n) is 5.29. The van der Waals surface area contributed by atoms with Crippen LogP contribution in [0, 0.1) is 10.8 Å². The molecule has 0 aliphatic carbocycles. The molecule has 2 aromatic carbocycles. The predicted molar refractivity (Wildman–Crippen MR) is 130 cm³/mol. The summed E-state index contributed by atoms with van der Waals surface area (Å²) in [6.45, 7) is 16.4. The van der Waals surface area contributed by atoms with Crippen molar-refractivity contribution in [3.63, 3.8) is 0 Å². The van der Waals surface area contributed by atoms with Gasteiger partial charge in [-0.3, -0.25) is 0 Å². The summed E-state index contributed by atoms with van der Waals surface area (Å²) in [6, 6.07) is 18.2. The Labute approximate surface area is 174 Å². The van der Waals surface area contributed by atoms with E-state index in [2.05, 4.69) is 99.9 Å². The Hall–Kier alpha value is -1.10. The van der Waals surface area contributed by atoms with Crippen LogP contribution < -0.4 is 20.4 Å². The zero-order valence-corrected chi connectivity index (χ0v) is 20.1. The van der Waals surface area contributed by atoms with Crippen molar-refractivity contribution in [1.82, 2.24) is 0 Å². The number of benzene rings is 2. The van der Waals surface area contributed by atoms with Gasteiger partial charge < -0.3 is 9.80 Å². The summed E-state index contributed by atoms with van der Waals surface area (Å²) in [5, 5.41) is 3.10. The minimum atomic E-state index is 0.281. The lowest BCUT2D eigenvalue weighted by molar-refractivity contribution is 0.389. The van der Waals surface area contributed by atoms with Crippen molar-refractivity contribution in [2.45, 2.75) is 53.1 Å². The van der Waals surface area contributed by atoms with E-state index in [0.717, 1.165) is 30.3 Å². The Morgan fingerprint density at radius 2 is 1.00 bits per heavy atom. The van der Waals surface area contributed by atoms with E-state index >= 15 is 0 Å². The molecule has 0 spiro atoms. The maximum absolute atomic E-state index is 2.74. The molecule has 28 heavy (non-hydrogen) atoms. The van der Waals surface area contributed by atoms with Gasteiger partial charge >= 0.3 is 0 Å². The minimum Gasteiger partial charge on any atom is -0.361 e. The van der Waals surface area contributed by atoms with Crippen molar-refractivity contribution in [3.8, 4) is 0 Å². The molecule has 0 aromatic heterocycles. The minimum absolute atomic E-state index is 0.281. The highest BCUT2D eigenvalue weighted by atomic mass is 31.1. The Kier molecular flexibility index (Phi) is 5.26. The summed E-state index contributed by atoms with van der Waals surface area (Å²) in [5.41, 5.74) is 3.50. The molecule has 0 N–H and O–H groups in total. The maximum atomic E-state index is 2.74. The second-order valence-electron chi connectivity index (χ2n) is 10.6. The molecule has 2 aliphatic heterocycles. The summed E-state index contributed by atoms with van der Waals surface area (Å²) in [5.74, 6) is 1.15. The van der Waals surface area contributed by atoms with Gasteiger partial charge in [-0.05, 0) is 33.6 Å². The largest absolute Gasteiger partial charge is 0.361 e. The van der Waals surface area contributed by atoms with E-state index in [1.165, 1.54) is 11.4 Å². The molecule has 0 radical (unpaired) electrons. The number of rotatable bonds is 3. The van der Waals surface area contributed by atoms with E-state index < -0.39 is 0 Å². The van der Waals surface area contributed by atoms with Crippen LogP contribution in [-0.4, -0.2) is 24.7 Å². The van der Waals surface area contributed by atoms with Crippen LogP contribution in [0.1, 0.15) is 41.5 Å². The molecule has 4 atom stereocenters. The van der Waals surface area contributed by atoms with Gasteiger partial charge in [0.1, 0.15) is 0 Å². The summed E-state index contributed by atoms with van der Waals surface area (Å²) in [4.78, 5) is 5.49. The summed E-state index contributed by atoms with van der Waals surface area (Å²) in [7, 11) is 1.72. The van der Waals surface area contributed by atoms with Crippen molar-refractivity contribution in [2.24, 2.45) is 10.8 Å². The van der Waals surface area contributed by atoms with Gasteiger partial charge in [0.2, 0.25) is 0 Å². The van der Waals surface area contributed by atoms with Gasteiger partial charge in [0, 0.05) is 24.5 Å². The third kappa shape index (κ3) is 4.10. The summed E-state index contributed by atoms with van der Waals surface area (Å²) in [6.07, 6.45) is 0. The van der Waals surface area contributed by atoms with Gasteiger partial charge in [-0.2, -0.15) is 0 Å². The normalized spacial score (nSPS) is 23.5. The molecule has 2 nitrogen and oxygen atoms in total. The summed E-state index contributed by atoms with van der Waals surface area (Å²) >= 11 is 0. The zero-order valence-electron chi connectivity index (χ0n) is 18.1. The van der Waals surface area contributed by atoms with E-state index in [4.69, 9.17) is 0 Å². The van der Waals surface area contributed by atoms with Crippen LogP contribution >= 0.6 is 17.2 Å². The van der Waals surface area contributed by atoms with Gasteiger partial charge in [0.15, 0.2) is 0 Å². The summed E-state index contributed by atoms with van der Waals surface area (Å²) < 4.78 is 0. The first kappa shape index (κ1) is 20.2. The standard InChI is InChI=1S/C24H34N2P2/c1-23(2,3)15-25-17-11-7-9-13-19(17)27-21(25)22-26(16-24(4,5)6)18-12-8-10-14-20(18)28-22/h7-14,21-22,27-28H,15-16H2,1-6H3/t21-,22-/m1/s1. The van der Waals surface area contributed by atoms with Gasteiger partial charge in [0.05, 0.1) is 11.6 Å². The number of hydrogen-bond donors (Lipinski definition) is 0.